The molecule has 0 aliphatic rings. The first-order chi connectivity index (χ1) is 15.1. The zero-order chi connectivity index (χ0) is 21.6. The second-order valence-electron chi connectivity index (χ2n) is 7.71. The quantitative estimate of drug-likeness (QED) is 0.386. The van der Waals surface area contributed by atoms with E-state index in [0.717, 1.165) is 41.9 Å². The molecule has 0 radical (unpaired) electrons. The highest BCUT2D eigenvalue weighted by atomic mass is 32.1. The minimum atomic E-state index is 0.751. The molecule has 0 fully saturated rings. The summed E-state index contributed by atoms with van der Waals surface area (Å²) in [6.07, 6.45) is 5.58. The Morgan fingerprint density at radius 2 is 1.77 bits per heavy atom. The maximum atomic E-state index is 5.42. The lowest BCUT2D eigenvalue weighted by molar-refractivity contribution is 0.398. The molecule has 0 spiro atoms. The van der Waals surface area contributed by atoms with Crippen LogP contribution in [0.3, 0.4) is 0 Å². The molecule has 2 heterocycles. The molecule has 6 nitrogen and oxygen atoms in total. The van der Waals surface area contributed by atoms with Crippen LogP contribution in [0.15, 0.2) is 72.6 Å². The Hall–Kier alpha value is -3.16. The molecule has 2 aromatic heterocycles. The molecule has 7 heteroatoms. The molecule has 2 aromatic carbocycles. The van der Waals surface area contributed by atoms with Crippen molar-refractivity contribution in [3.63, 3.8) is 0 Å². The van der Waals surface area contributed by atoms with E-state index in [9.17, 15) is 0 Å². The van der Waals surface area contributed by atoms with Crippen molar-refractivity contribution in [3.05, 3.63) is 89.5 Å². The minimum absolute atomic E-state index is 0.751. The van der Waals surface area contributed by atoms with Gasteiger partial charge in [0.1, 0.15) is 5.75 Å². The van der Waals surface area contributed by atoms with E-state index in [4.69, 9.17) is 9.72 Å². The van der Waals surface area contributed by atoms with Gasteiger partial charge in [-0.2, -0.15) is 0 Å². The number of aromatic nitrogens is 3. The third-order valence-corrected chi connectivity index (χ3v) is 5.83. The second-order valence-corrected chi connectivity index (χ2v) is 8.54. The summed E-state index contributed by atoms with van der Waals surface area (Å²) in [7, 11) is 5.83. The third kappa shape index (κ3) is 5.51. The van der Waals surface area contributed by atoms with Gasteiger partial charge in [0.15, 0.2) is 5.13 Å². The minimum Gasteiger partial charge on any atom is -0.497 e. The molecule has 0 aliphatic carbocycles. The van der Waals surface area contributed by atoms with Gasteiger partial charge in [-0.1, -0.05) is 24.3 Å². The summed E-state index contributed by atoms with van der Waals surface area (Å²) in [4.78, 5) is 13.5. The Bertz CT molecular complexity index is 1110. The van der Waals surface area contributed by atoms with E-state index in [1.807, 2.05) is 29.2 Å². The van der Waals surface area contributed by atoms with Gasteiger partial charge < -0.3 is 19.1 Å². The third-order valence-electron chi connectivity index (χ3n) is 4.88. The number of imidazole rings is 1. The molecule has 0 bridgehead atoms. The maximum Gasteiger partial charge on any atom is 0.186 e. The van der Waals surface area contributed by atoms with E-state index in [-0.39, 0.29) is 0 Å². The van der Waals surface area contributed by atoms with Crippen LogP contribution in [-0.2, 0) is 19.6 Å². The summed E-state index contributed by atoms with van der Waals surface area (Å²) in [6, 6.07) is 16.8. The molecule has 0 unspecified atom stereocenters. The second kappa shape index (κ2) is 9.76. The number of hydrogen-bond donors (Lipinski definition) is 0. The van der Waals surface area contributed by atoms with Gasteiger partial charge in [-0.15, -0.1) is 11.3 Å². The average molecular weight is 434 g/mol. The fourth-order valence-electron chi connectivity index (χ4n) is 3.47. The van der Waals surface area contributed by atoms with Gasteiger partial charge in [-0.3, -0.25) is 0 Å². The van der Waals surface area contributed by atoms with Crippen LogP contribution < -0.4 is 9.64 Å². The molecule has 0 N–H and O–H groups in total. The van der Waals surface area contributed by atoms with E-state index in [0.29, 0.717) is 0 Å². The normalized spacial score (nSPS) is 11.1. The number of thiazole rings is 1. The molecule has 31 heavy (non-hydrogen) atoms. The number of anilines is 1. The fraction of sp³-hybridized carbons (Fsp3) is 0.250. The topological polar surface area (TPSA) is 46.4 Å². The van der Waals surface area contributed by atoms with Gasteiger partial charge in [-0.25, -0.2) is 9.97 Å². The van der Waals surface area contributed by atoms with Crippen molar-refractivity contribution in [1.29, 1.82) is 0 Å². The van der Waals surface area contributed by atoms with Gasteiger partial charge in [0, 0.05) is 43.1 Å². The standard InChI is InChI=1S/C24H27N5OS/c1-27(2)16-21-17-31-24(26-21)29(15-20-7-5-9-23(13-20)30-3)14-19-6-4-8-22(12-19)28-11-10-25-18-28/h4-13,17-18H,14-16H2,1-3H3. The van der Waals surface area contributed by atoms with E-state index in [2.05, 4.69) is 70.7 Å². The van der Waals surface area contributed by atoms with Crippen molar-refractivity contribution in [1.82, 2.24) is 19.4 Å². The zero-order valence-corrected chi connectivity index (χ0v) is 18.9. The highest BCUT2D eigenvalue weighted by molar-refractivity contribution is 7.13. The molecular formula is C24H27N5OS. The SMILES string of the molecule is COc1cccc(CN(Cc2cccc(-n3ccnc3)c2)c2nc(CN(C)C)cs2)c1. The molecule has 0 atom stereocenters. The molecule has 0 saturated carbocycles. The Balaban J connectivity index is 1.62. The summed E-state index contributed by atoms with van der Waals surface area (Å²) in [5.41, 5.74) is 4.60. The summed E-state index contributed by atoms with van der Waals surface area (Å²) in [5, 5.41) is 3.17. The lowest BCUT2D eigenvalue weighted by Gasteiger charge is -2.23. The molecule has 4 aromatic rings. The lowest BCUT2D eigenvalue weighted by Crippen LogP contribution is -2.22. The zero-order valence-electron chi connectivity index (χ0n) is 18.1. The largest absolute Gasteiger partial charge is 0.497 e. The highest BCUT2D eigenvalue weighted by Gasteiger charge is 2.14. The van der Waals surface area contributed by atoms with Gasteiger partial charge in [0.25, 0.3) is 0 Å². The molecule has 4 rings (SSSR count). The Morgan fingerprint density at radius 3 is 2.48 bits per heavy atom. The Labute approximate surface area is 187 Å². The van der Waals surface area contributed by atoms with Crippen molar-refractivity contribution in [3.8, 4) is 11.4 Å². The molecule has 160 valence electrons. The van der Waals surface area contributed by atoms with Gasteiger partial charge in [-0.05, 0) is 49.5 Å². The first kappa shape index (κ1) is 21.1. The summed E-state index contributed by atoms with van der Waals surface area (Å²) >= 11 is 1.69. The van der Waals surface area contributed by atoms with Crippen LogP contribution in [-0.4, -0.2) is 40.6 Å². The summed E-state index contributed by atoms with van der Waals surface area (Å²) < 4.78 is 7.44. The lowest BCUT2D eigenvalue weighted by atomic mass is 10.1. The first-order valence-corrected chi connectivity index (χ1v) is 11.0. The van der Waals surface area contributed by atoms with Crippen LogP contribution in [0.5, 0.6) is 5.75 Å². The highest BCUT2D eigenvalue weighted by Crippen LogP contribution is 2.26. The van der Waals surface area contributed by atoms with E-state index < -0.39 is 0 Å². The van der Waals surface area contributed by atoms with E-state index in [1.165, 1.54) is 11.1 Å². The van der Waals surface area contributed by atoms with Gasteiger partial charge in [0.2, 0.25) is 0 Å². The van der Waals surface area contributed by atoms with E-state index in [1.54, 1.807) is 24.6 Å². The Kier molecular flexibility index (Phi) is 6.64. The summed E-state index contributed by atoms with van der Waals surface area (Å²) in [5.74, 6) is 0.868. The monoisotopic (exact) mass is 433 g/mol. The number of benzene rings is 2. The smallest absolute Gasteiger partial charge is 0.186 e. The van der Waals surface area contributed by atoms with Crippen molar-refractivity contribution in [2.45, 2.75) is 19.6 Å². The van der Waals surface area contributed by atoms with Crippen LogP contribution in [0.2, 0.25) is 0 Å². The van der Waals surface area contributed by atoms with Gasteiger partial charge >= 0.3 is 0 Å². The number of methoxy groups -OCH3 is 1. The van der Waals surface area contributed by atoms with Crippen LogP contribution in [0.1, 0.15) is 16.8 Å². The molecule has 0 aliphatic heterocycles. The van der Waals surface area contributed by atoms with Crippen LogP contribution in [0.4, 0.5) is 5.13 Å². The predicted molar refractivity (Wildman–Crippen MR) is 126 cm³/mol. The number of hydrogen-bond acceptors (Lipinski definition) is 6. The maximum absolute atomic E-state index is 5.42. The number of rotatable bonds is 9. The molecular weight excluding hydrogens is 406 g/mol. The molecule has 0 amide bonds. The Morgan fingerprint density at radius 1 is 1.00 bits per heavy atom. The fourth-order valence-corrected chi connectivity index (χ4v) is 4.28. The van der Waals surface area contributed by atoms with Crippen molar-refractivity contribution >= 4 is 16.5 Å². The van der Waals surface area contributed by atoms with E-state index >= 15 is 0 Å². The van der Waals surface area contributed by atoms with Crippen molar-refractivity contribution in [2.24, 2.45) is 0 Å². The van der Waals surface area contributed by atoms with Crippen molar-refractivity contribution < 1.29 is 4.74 Å². The van der Waals surface area contributed by atoms with Crippen LogP contribution in [0, 0.1) is 0 Å². The molecule has 0 saturated heterocycles. The predicted octanol–water partition coefficient (Wildman–Crippen LogP) is 4.61. The van der Waals surface area contributed by atoms with Crippen LogP contribution >= 0.6 is 11.3 Å². The summed E-state index contributed by atoms with van der Waals surface area (Å²) in [6.45, 7) is 2.34. The first-order valence-electron chi connectivity index (χ1n) is 10.1. The van der Waals surface area contributed by atoms with Crippen molar-refractivity contribution in [2.75, 3.05) is 26.1 Å². The number of ether oxygens (including phenoxy) is 1. The van der Waals surface area contributed by atoms with Crippen LogP contribution in [0.25, 0.3) is 5.69 Å². The average Bonchev–Trinajstić information content (AvgIpc) is 3.46. The number of nitrogens with zero attached hydrogens (tertiary/aromatic N) is 5. The van der Waals surface area contributed by atoms with Gasteiger partial charge in [0.05, 0.1) is 19.1 Å².